The summed E-state index contributed by atoms with van der Waals surface area (Å²) in [5.41, 5.74) is 8.60. The van der Waals surface area contributed by atoms with Crippen molar-refractivity contribution in [1.29, 1.82) is 0 Å². The molecule has 3 rings (SSSR count). The number of carbonyl (C=O) groups is 1. The van der Waals surface area contributed by atoms with Crippen LogP contribution in [0.1, 0.15) is 53.6 Å². The fourth-order valence-electron chi connectivity index (χ4n) is 3.34. The molecule has 5 heteroatoms. The summed E-state index contributed by atoms with van der Waals surface area (Å²) in [4.78, 5) is 17.9. The maximum absolute atomic E-state index is 12.0. The predicted molar refractivity (Wildman–Crippen MR) is 107 cm³/mol. The highest BCUT2D eigenvalue weighted by molar-refractivity contribution is 7.16. The molecular formula is C20H23ClN2OS. The highest BCUT2D eigenvalue weighted by Crippen LogP contribution is 2.45. The summed E-state index contributed by atoms with van der Waals surface area (Å²) in [6.07, 6.45) is 4.76. The SMILES string of the molecule is CC(C)(C)[C@@H]1CCc2c(sc(N=Cc3ccc(Cl)cc3)c2C(N)=O)C1. The van der Waals surface area contributed by atoms with E-state index in [1.54, 1.807) is 17.6 Å². The van der Waals surface area contributed by atoms with Crippen molar-refractivity contribution >= 4 is 40.1 Å². The average Bonchev–Trinajstić information content (AvgIpc) is 2.91. The number of amides is 1. The zero-order valence-corrected chi connectivity index (χ0v) is 16.4. The topological polar surface area (TPSA) is 55.4 Å². The molecule has 0 unspecified atom stereocenters. The minimum Gasteiger partial charge on any atom is -0.365 e. The molecule has 0 bridgehead atoms. The highest BCUT2D eigenvalue weighted by Gasteiger charge is 2.33. The van der Waals surface area contributed by atoms with Gasteiger partial charge in [0.1, 0.15) is 5.00 Å². The van der Waals surface area contributed by atoms with Crippen LogP contribution in [0, 0.1) is 11.3 Å². The molecule has 1 aliphatic rings. The number of nitrogens with zero attached hydrogens (tertiary/aromatic N) is 1. The van der Waals surface area contributed by atoms with Crippen molar-refractivity contribution in [3.63, 3.8) is 0 Å². The number of hydrogen-bond donors (Lipinski definition) is 1. The van der Waals surface area contributed by atoms with E-state index < -0.39 is 0 Å². The van der Waals surface area contributed by atoms with E-state index in [0.717, 1.165) is 35.4 Å². The van der Waals surface area contributed by atoms with Crippen LogP contribution in [-0.2, 0) is 12.8 Å². The Hall–Kier alpha value is -1.65. The Bertz CT molecular complexity index is 815. The average molecular weight is 375 g/mol. The van der Waals surface area contributed by atoms with E-state index >= 15 is 0 Å². The lowest BCUT2D eigenvalue weighted by Gasteiger charge is -2.33. The van der Waals surface area contributed by atoms with Gasteiger partial charge in [0.15, 0.2) is 0 Å². The molecule has 1 aromatic carbocycles. The van der Waals surface area contributed by atoms with Crippen LogP contribution in [-0.4, -0.2) is 12.1 Å². The van der Waals surface area contributed by atoms with Gasteiger partial charge < -0.3 is 5.73 Å². The number of aliphatic imine (C=N–C) groups is 1. The molecule has 1 aliphatic carbocycles. The van der Waals surface area contributed by atoms with E-state index in [1.165, 1.54) is 4.88 Å². The molecule has 3 nitrogen and oxygen atoms in total. The number of fused-ring (bicyclic) bond motifs is 1. The van der Waals surface area contributed by atoms with Gasteiger partial charge in [0.05, 0.1) is 5.56 Å². The number of primary amides is 1. The summed E-state index contributed by atoms with van der Waals surface area (Å²) in [6.45, 7) is 6.85. The minimum atomic E-state index is -0.380. The van der Waals surface area contributed by atoms with Gasteiger partial charge in [0.25, 0.3) is 5.91 Å². The Labute approximate surface area is 157 Å². The first kappa shape index (κ1) is 18.2. The zero-order chi connectivity index (χ0) is 18.2. The fraction of sp³-hybridized carbons (Fsp3) is 0.400. The summed E-state index contributed by atoms with van der Waals surface area (Å²) >= 11 is 7.52. The molecule has 0 saturated heterocycles. The third kappa shape index (κ3) is 3.96. The van der Waals surface area contributed by atoms with Gasteiger partial charge in [-0.3, -0.25) is 4.79 Å². The maximum atomic E-state index is 12.0. The Morgan fingerprint density at radius 3 is 2.60 bits per heavy atom. The van der Waals surface area contributed by atoms with Gasteiger partial charge in [-0.15, -0.1) is 11.3 Å². The van der Waals surface area contributed by atoms with Crippen molar-refractivity contribution in [3.05, 3.63) is 50.9 Å². The molecule has 0 fully saturated rings. The number of nitrogens with two attached hydrogens (primary N) is 1. The Morgan fingerprint density at radius 2 is 2.00 bits per heavy atom. The van der Waals surface area contributed by atoms with Crippen LogP contribution in [0.5, 0.6) is 0 Å². The zero-order valence-electron chi connectivity index (χ0n) is 14.8. The standard InChI is InChI=1S/C20H23ClN2OS/c1-20(2,3)13-6-9-15-16(10-13)25-19(17(15)18(22)24)23-11-12-4-7-14(21)8-5-12/h4-5,7-8,11,13H,6,9-10H2,1-3H3,(H2,22,24)/t13-/m1/s1. The molecule has 2 N–H and O–H groups in total. The van der Waals surface area contributed by atoms with Crippen molar-refractivity contribution in [2.24, 2.45) is 22.1 Å². The summed E-state index contributed by atoms with van der Waals surface area (Å²) in [6, 6.07) is 7.45. The first-order valence-corrected chi connectivity index (χ1v) is 9.69. The fourth-order valence-corrected chi connectivity index (χ4v) is 4.74. The van der Waals surface area contributed by atoms with Crippen LogP contribution in [0.15, 0.2) is 29.3 Å². The third-order valence-corrected chi connectivity index (χ3v) is 6.33. The van der Waals surface area contributed by atoms with Crippen LogP contribution >= 0.6 is 22.9 Å². The molecule has 0 radical (unpaired) electrons. The van der Waals surface area contributed by atoms with Crippen molar-refractivity contribution in [1.82, 2.24) is 0 Å². The van der Waals surface area contributed by atoms with Crippen molar-refractivity contribution in [3.8, 4) is 0 Å². The van der Waals surface area contributed by atoms with E-state index in [-0.39, 0.29) is 11.3 Å². The van der Waals surface area contributed by atoms with Gasteiger partial charge in [-0.25, -0.2) is 4.99 Å². The Kier molecular flexibility index (Phi) is 5.03. The van der Waals surface area contributed by atoms with Crippen molar-refractivity contribution in [2.75, 3.05) is 0 Å². The lowest BCUT2D eigenvalue weighted by atomic mass is 9.72. The van der Waals surface area contributed by atoms with E-state index in [9.17, 15) is 4.79 Å². The number of hydrogen-bond acceptors (Lipinski definition) is 3. The van der Waals surface area contributed by atoms with Crippen LogP contribution in [0.4, 0.5) is 5.00 Å². The molecule has 0 aliphatic heterocycles. The summed E-state index contributed by atoms with van der Waals surface area (Å²) in [5.74, 6) is 0.238. The lowest BCUT2D eigenvalue weighted by molar-refractivity contribution is 0.1000. The van der Waals surface area contributed by atoms with E-state index in [0.29, 0.717) is 16.5 Å². The lowest BCUT2D eigenvalue weighted by Crippen LogP contribution is -2.27. The molecule has 1 aromatic heterocycles. The number of rotatable bonds is 3. The molecule has 0 spiro atoms. The second-order valence-electron chi connectivity index (χ2n) is 7.66. The molecule has 0 saturated carbocycles. The van der Waals surface area contributed by atoms with Crippen LogP contribution in [0.3, 0.4) is 0 Å². The van der Waals surface area contributed by atoms with Gasteiger partial charge in [-0.1, -0.05) is 44.5 Å². The van der Waals surface area contributed by atoms with Gasteiger partial charge in [-0.05, 0) is 53.9 Å². The van der Waals surface area contributed by atoms with Gasteiger partial charge in [0.2, 0.25) is 0 Å². The Morgan fingerprint density at radius 1 is 1.32 bits per heavy atom. The van der Waals surface area contributed by atoms with Crippen LogP contribution in [0.2, 0.25) is 5.02 Å². The molecule has 1 amide bonds. The van der Waals surface area contributed by atoms with Gasteiger partial charge in [-0.2, -0.15) is 0 Å². The first-order valence-electron chi connectivity index (χ1n) is 8.49. The highest BCUT2D eigenvalue weighted by atomic mass is 35.5. The third-order valence-electron chi connectivity index (χ3n) is 4.92. The van der Waals surface area contributed by atoms with E-state index in [2.05, 4.69) is 25.8 Å². The number of benzene rings is 1. The number of halogens is 1. The summed E-state index contributed by atoms with van der Waals surface area (Å²) in [7, 11) is 0. The predicted octanol–water partition coefficient (Wildman–Crippen LogP) is 5.40. The first-order chi connectivity index (χ1) is 11.8. The van der Waals surface area contributed by atoms with E-state index in [4.69, 9.17) is 17.3 Å². The molecular weight excluding hydrogens is 352 g/mol. The van der Waals surface area contributed by atoms with Crippen LogP contribution < -0.4 is 5.73 Å². The molecule has 1 atom stereocenters. The second-order valence-corrected chi connectivity index (χ2v) is 9.18. The summed E-state index contributed by atoms with van der Waals surface area (Å²) < 4.78 is 0. The van der Waals surface area contributed by atoms with Crippen molar-refractivity contribution in [2.45, 2.75) is 40.0 Å². The monoisotopic (exact) mass is 374 g/mol. The summed E-state index contributed by atoms with van der Waals surface area (Å²) in [5, 5.41) is 1.41. The van der Waals surface area contributed by atoms with Crippen molar-refractivity contribution < 1.29 is 4.79 Å². The largest absolute Gasteiger partial charge is 0.365 e. The quantitative estimate of drug-likeness (QED) is 0.718. The second kappa shape index (κ2) is 6.93. The number of carbonyl (C=O) groups excluding carboxylic acids is 1. The number of thiophene rings is 1. The smallest absolute Gasteiger partial charge is 0.252 e. The minimum absolute atomic E-state index is 0.265. The molecule has 132 valence electrons. The Balaban J connectivity index is 1.94. The molecule has 1 heterocycles. The van der Waals surface area contributed by atoms with Gasteiger partial charge in [0, 0.05) is 16.1 Å². The molecule has 2 aromatic rings. The van der Waals surface area contributed by atoms with Crippen LogP contribution in [0.25, 0.3) is 0 Å². The molecule has 25 heavy (non-hydrogen) atoms. The van der Waals surface area contributed by atoms with E-state index in [1.807, 2.05) is 24.3 Å². The van der Waals surface area contributed by atoms with Gasteiger partial charge >= 0.3 is 0 Å². The normalized spacial score (nSPS) is 17.7. The maximum Gasteiger partial charge on any atom is 0.252 e.